The number of carbonyl (C=O) groups is 1. The molecule has 0 aliphatic heterocycles. The lowest BCUT2D eigenvalue weighted by Crippen LogP contribution is -2.56. The molecule has 0 heterocycles. The third-order valence-corrected chi connectivity index (χ3v) is 4.27. The zero-order valence-electron chi connectivity index (χ0n) is 12.5. The lowest BCUT2D eigenvalue weighted by atomic mass is 9.76. The van der Waals surface area contributed by atoms with Gasteiger partial charge in [0, 0.05) is 5.56 Å². The highest BCUT2D eigenvalue weighted by molar-refractivity contribution is 5.86. The van der Waals surface area contributed by atoms with Gasteiger partial charge in [-0.2, -0.15) is 0 Å². The first-order valence-corrected chi connectivity index (χ1v) is 7.37. The van der Waals surface area contributed by atoms with Crippen LogP contribution < -0.4 is 11.1 Å². The molecular weight excluding hydrogens is 274 g/mol. The van der Waals surface area contributed by atoms with Crippen LogP contribution in [0.25, 0.3) is 0 Å². The molecule has 0 radical (unpaired) electrons. The highest BCUT2D eigenvalue weighted by Gasteiger charge is 2.38. The van der Waals surface area contributed by atoms with Gasteiger partial charge in [-0.3, -0.25) is 4.79 Å². The summed E-state index contributed by atoms with van der Waals surface area (Å²) in [4.78, 5) is 12.4. The maximum atomic E-state index is 13.7. The van der Waals surface area contributed by atoms with E-state index in [1.54, 1.807) is 6.92 Å². The monoisotopic (exact) mass is 296 g/mol. The molecule has 1 amide bonds. The average Bonchev–Trinajstić information content (AvgIpc) is 2.38. The topological polar surface area (TPSA) is 55.1 Å². The Labute approximate surface area is 123 Å². The van der Waals surface area contributed by atoms with Gasteiger partial charge in [0.1, 0.15) is 11.6 Å². The number of nitrogens with two attached hydrogens (primary N) is 1. The largest absolute Gasteiger partial charge is 0.348 e. The van der Waals surface area contributed by atoms with E-state index in [1.165, 1.54) is 18.2 Å². The molecule has 0 saturated heterocycles. The van der Waals surface area contributed by atoms with Gasteiger partial charge < -0.3 is 11.1 Å². The molecule has 3 nitrogen and oxygen atoms in total. The van der Waals surface area contributed by atoms with Crippen molar-refractivity contribution in [2.24, 2.45) is 11.7 Å². The molecule has 1 aromatic carbocycles. The summed E-state index contributed by atoms with van der Waals surface area (Å²) >= 11 is 0. The summed E-state index contributed by atoms with van der Waals surface area (Å²) < 4.78 is 27.5. The Balaban J connectivity index is 2.12. The second kappa shape index (κ2) is 6.10. The third-order valence-electron chi connectivity index (χ3n) is 4.27. The van der Waals surface area contributed by atoms with Crippen LogP contribution in [0.3, 0.4) is 0 Å². The Morgan fingerprint density at radius 1 is 1.43 bits per heavy atom. The maximum Gasteiger partial charge on any atom is 0.240 e. The van der Waals surface area contributed by atoms with Gasteiger partial charge in [0.2, 0.25) is 5.91 Å². The molecule has 1 saturated carbocycles. The smallest absolute Gasteiger partial charge is 0.240 e. The van der Waals surface area contributed by atoms with Crippen molar-refractivity contribution in [3.8, 4) is 0 Å². The Bertz CT molecular complexity index is 515. The SMILES string of the molecule is CC1CCCC(N)(C(=O)NC(C)c2c(F)cccc2F)C1. The summed E-state index contributed by atoms with van der Waals surface area (Å²) in [7, 11) is 0. The molecular formula is C16H22F2N2O. The van der Waals surface area contributed by atoms with Crippen LogP contribution in [-0.4, -0.2) is 11.4 Å². The number of nitrogens with one attached hydrogen (secondary N) is 1. The van der Waals surface area contributed by atoms with Crippen molar-refractivity contribution in [2.45, 2.75) is 51.1 Å². The van der Waals surface area contributed by atoms with E-state index in [0.29, 0.717) is 18.8 Å². The first-order valence-electron chi connectivity index (χ1n) is 7.37. The van der Waals surface area contributed by atoms with Gasteiger partial charge in [-0.1, -0.05) is 25.8 Å². The third kappa shape index (κ3) is 3.40. The fraction of sp³-hybridized carbons (Fsp3) is 0.562. The van der Waals surface area contributed by atoms with Gasteiger partial charge in [0.25, 0.3) is 0 Å². The van der Waals surface area contributed by atoms with Crippen molar-refractivity contribution < 1.29 is 13.6 Å². The van der Waals surface area contributed by atoms with Crippen LogP contribution in [0.2, 0.25) is 0 Å². The average molecular weight is 296 g/mol. The molecule has 0 aromatic heterocycles. The van der Waals surface area contributed by atoms with Crippen LogP contribution >= 0.6 is 0 Å². The summed E-state index contributed by atoms with van der Waals surface area (Å²) in [6.07, 6.45) is 3.16. The summed E-state index contributed by atoms with van der Waals surface area (Å²) in [6.45, 7) is 3.63. The molecule has 5 heteroatoms. The quantitative estimate of drug-likeness (QED) is 0.900. The number of carbonyl (C=O) groups excluding carboxylic acids is 1. The predicted octanol–water partition coefficient (Wildman–Crippen LogP) is 3.05. The molecule has 1 fully saturated rings. The zero-order chi connectivity index (χ0) is 15.6. The van der Waals surface area contributed by atoms with Crippen molar-refractivity contribution in [3.05, 3.63) is 35.4 Å². The molecule has 116 valence electrons. The summed E-state index contributed by atoms with van der Waals surface area (Å²) in [5.74, 6) is -1.27. The van der Waals surface area contributed by atoms with Crippen molar-refractivity contribution in [1.29, 1.82) is 0 Å². The lowest BCUT2D eigenvalue weighted by Gasteiger charge is -2.36. The van der Waals surface area contributed by atoms with E-state index < -0.39 is 23.2 Å². The van der Waals surface area contributed by atoms with Crippen LogP contribution in [0.15, 0.2) is 18.2 Å². The van der Waals surface area contributed by atoms with Gasteiger partial charge in [0.05, 0.1) is 11.6 Å². The summed E-state index contributed by atoms with van der Waals surface area (Å²) in [6, 6.07) is 2.91. The Kier molecular flexibility index (Phi) is 4.61. The number of hydrogen-bond acceptors (Lipinski definition) is 2. The fourth-order valence-electron chi connectivity index (χ4n) is 3.14. The summed E-state index contributed by atoms with van der Waals surface area (Å²) in [5, 5.41) is 2.66. The molecule has 3 unspecified atom stereocenters. The molecule has 0 spiro atoms. The highest BCUT2D eigenvalue weighted by atomic mass is 19.1. The molecule has 1 aliphatic carbocycles. The standard InChI is InChI=1S/C16H22F2N2O/c1-10-5-4-8-16(19,9-10)15(21)20-11(2)14-12(17)6-3-7-13(14)18/h3,6-7,10-11H,4-5,8-9,19H2,1-2H3,(H,20,21). The molecule has 2 rings (SSSR count). The molecule has 0 bridgehead atoms. The molecule has 3 N–H and O–H groups in total. The first kappa shape index (κ1) is 15.9. The fourth-order valence-corrected chi connectivity index (χ4v) is 3.14. The van der Waals surface area contributed by atoms with Crippen molar-refractivity contribution in [2.75, 3.05) is 0 Å². The molecule has 21 heavy (non-hydrogen) atoms. The van der Waals surface area contributed by atoms with Crippen molar-refractivity contribution in [3.63, 3.8) is 0 Å². The number of rotatable bonds is 3. The van der Waals surface area contributed by atoms with E-state index in [1.807, 2.05) is 0 Å². The van der Waals surface area contributed by atoms with Gasteiger partial charge >= 0.3 is 0 Å². The van der Waals surface area contributed by atoms with E-state index in [2.05, 4.69) is 12.2 Å². The highest BCUT2D eigenvalue weighted by Crippen LogP contribution is 2.31. The molecule has 1 aromatic rings. The van der Waals surface area contributed by atoms with Crippen LogP contribution in [-0.2, 0) is 4.79 Å². The Hall–Kier alpha value is -1.49. The number of benzene rings is 1. The van der Waals surface area contributed by atoms with E-state index >= 15 is 0 Å². The Morgan fingerprint density at radius 3 is 2.62 bits per heavy atom. The van der Waals surface area contributed by atoms with Gasteiger partial charge in [-0.15, -0.1) is 0 Å². The van der Waals surface area contributed by atoms with Crippen molar-refractivity contribution in [1.82, 2.24) is 5.32 Å². The molecule has 1 aliphatic rings. The second-order valence-corrected chi connectivity index (χ2v) is 6.19. The van der Waals surface area contributed by atoms with Gasteiger partial charge in [0.15, 0.2) is 0 Å². The normalized spacial score (nSPS) is 27.2. The van der Waals surface area contributed by atoms with Crippen LogP contribution in [0, 0.1) is 17.6 Å². The molecule has 3 atom stereocenters. The van der Waals surface area contributed by atoms with Gasteiger partial charge in [-0.05, 0) is 37.8 Å². The second-order valence-electron chi connectivity index (χ2n) is 6.19. The Morgan fingerprint density at radius 2 is 2.05 bits per heavy atom. The maximum absolute atomic E-state index is 13.7. The van der Waals surface area contributed by atoms with Crippen molar-refractivity contribution >= 4 is 5.91 Å². The summed E-state index contributed by atoms with van der Waals surface area (Å²) in [5.41, 5.74) is 5.13. The van der Waals surface area contributed by atoms with Crippen LogP contribution in [0.4, 0.5) is 8.78 Å². The van der Waals surface area contributed by atoms with E-state index in [0.717, 1.165) is 12.8 Å². The minimum atomic E-state index is -0.937. The van der Waals surface area contributed by atoms with Gasteiger partial charge in [-0.25, -0.2) is 8.78 Å². The lowest BCUT2D eigenvalue weighted by molar-refractivity contribution is -0.128. The number of amides is 1. The number of halogens is 2. The van der Waals surface area contributed by atoms with E-state index in [4.69, 9.17) is 5.73 Å². The predicted molar refractivity (Wildman–Crippen MR) is 77.5 cm³/mol. The van der Waals surface area contributed by atoms with Crippen LogP contribution in [0.5, 0.6) is 0 Å². The zero-order valence-corrected chi connectivity index (χ0v) is 12.5. The van der Waals surface area contributed by atoms with E-state index in [9.17, 15) is 13.6 Å². The first-order chi connectivity index (χ1) is 9.83. The minimum absolute atomic E-state index is 0.127. The van der Waals surface area contributed by atoms with Crippen LogP contribution in [0.1, 0.15) is 51.1 Å². The minimum Gasteiger partial charge on any atom is -0.348 e. The number of hydrogen-bond donors (Lipinski definition) is 2. The van der Waals surface area contributed by atoms with E-state index in [-0.39, 0.29) is 11.5 Å².